The lowest BCUT2D eigenvalue weighted by molar-refractivity contribution is -0.141. The number of alkyl halides is 6. The lowest BCUT2D eigenvalue weighted by Gasteiger charge is -2.15. The number of hydrogen-bond donors (Lipinski definition) is 1. The molecule has 0 unspecified atom stereocenters. The standard InChI is InChI=1S/C17H14F6N2O2/c1-2-7-27-13-5-4-11(16(18,19)20)8-12(13)25-15(26)10-3-6-14(24-9-10)17(21,22)23/h3-6,8-9H,2,7H2,1H3,(H,25,26). The highest BCUT2D eigenvalue weighted by atomic mass is 19.4. The van der Waals surface area contributed by atoms with Crippen LogP contribution in [0.4, 0.5) is 32.0 Å². The van der Waals surface area contributed by atoms with Crippen molar-refractivity contribution in [3.05, 3.63) is 53.3 Å². The van der Waals surface area contributed by atoms with E-state index in [0.717, 1.165) is 18.2 Å². The second-order valence-corrected chi connectivity index (χ2v) is 5.44. The summed E-state index contributed by atoms with van der Waals surface area (Å²) >= 11 is 0. The van der Waals surface area contributed by atoms with Gasteiger partial charge in [0.25, 0.3) is 5.91 Å². The Morgan fingerprint density at radius 1 is 1.07 bits per heavy atom. The molecule has 1 N–H and O–H groups in total. The third-order valence-electron chi connectivity index (χ3n) is 3.33. The maximum absolute atomic E-state index is 12.9. The summed E-state index contributed by atoms with van der Waals surface area (Å²) in [6.45, 7) is 1.99. The van der Waals surface area contributed by atoms with Crippen molar-refractivity contribution in [2.24, 2.45) is 0 Å². The molecule has 10 heteroatoms. The van der Waals surface area contributed by atoms with E-state index in [0.29, 0.717) is 24.8 Å². The average Bonchev–Trinajstić information content (AvgIpc) is 2.59. The van der Waals surface area contributed by atoms with Gasteiger partial charge in [0.05, 0.1) is 23.4 Å². The number of rotatable bonds is 5. The SMILES string of the molecule is CCCOc1ccc(C(F)(F)F)cc1NC(=O)c1ccc(C(F)(F)F)nc1. The van der Waals surface area contributed by atoms with E-state index in [9.17, 15) is 31.1 Å². The predicted octanol–water partition coefficient (Wildman–Crippen LogP) is 5.16. The number of ether oxygens (including phenoxy) is 1. The van der Waals surface area contributed by atoms with E-state index in [1.54, 1.807) is 6.92 Å². The molecule has 0 atom stereocenters. The number of amides is 1. The van der Waals surface area contributed by atoms with Gasteiger partial charge in [-0.25, -0.2) is 0 Å². The number of carbonyl (C=O) groups is 1. The Hall–Kier alpha value is -2.78. The van der Waals surface area contributed by atoms with Gasteiger partial charge in [0.1, 0.15) is 11.4 Å². The van der Waals surface area contributed by atoms with Gasteiger partial charge in [0, 0.05) is 6.20 Å². The van der Waals surface area contributed by atoms with Crippen LogP contribution in [0.2, 0.25) is 0 Å². The second-order valence-electron chi connectivity index (χ2n) is 5.44. The number of aromatic nitrogens is 1. The highest BCUT2D eigenvalue weighted by Gasteiger charge is 2.33. The Kier molecular flexibility index (Phi) is 5.97. The lowest BCUT2D eigenvalue weighted by atomic mass is 10.1. The summed E-state index contributed by atoms with van der Waals surface area (Å²) in [7, 11) is 0. The molecule has 0 saturated heterocycles. The van der Waals surface area contributed by atoms with E-state index in [-0.39, 0.29) is 23.6 Å². The zero-order valence-corrected chi connectivity index (χ0v) is 13.9. The third kappa shape index (κ3) is 5.35. The minimum atomic E-state index is -4.67. The van der Waals surface area contributed by atoms with E-state index in [1.165, 1.54) is 0 Å². The van der Waals surface area contributed by atoms with E-state index in [4.69, 9.17) is 4.74 Å². The van der Waals surface area contributed by atoms with Gasteiger partial charge in [-0.1, -0.05) is 6.92 Å². The first kappa shape index (κ1) is 20.5. The molecule has 1 amide bonds. The van der Waals surface area contributed by atoms with Crippen LogP contribution < -0.4 is 10.1 Å². The molecule has 2 rings (SSSR count). The van der Waals surface area contributed by atoms with Crippen LogP contribution in [-0.4, -0.2) is 17.5 Å². The van der Waals surface area contributed by atoms with Crippen molar-refractivity contribution in [3.63, 3.8) is 0 Å². The molecular formula is C17H14F6N2O2. The minimum Gasteiger partial charge on any atom is -0.491 e. The molecule has 0 aliphatic heterocycles. The predicted molar refractivity (Wildman–Crippen MR) is 84.4 cm³/mol. The van der Waals surface area contributed by atoms with Crippen molar-refractivity contribution in [3.8, 4) is 5.75 Å². The van der Waals surface area contributed by atoms with Gasteiger partial charge in [-0.2, -0.15) is 26.3 Å². The van der Waals surface area contributed by atoms with Crippen LogP contribution in [0.15, 0.2) is 36.5 Å². The lowest BCUT2D eigenvalue weighted by Crippen LogP contribution is -2.16. The second kappa shape index (κ2) is 7.85. The van der Waals surface area contributed by atoms with Gasteiger partial charge in [0.2, 0.25) is 0 Å². The summed E-state index contributed by atoms with van der Waals surface area (Å²) in [6, 6.07) is 4.06. The number of nitrogens with zero attached hydrogens (tertiary/aromatic N) is 1. The molecule has 1 aromatic heterocycles. The molecule has 0 fully saturated rings. The van der Waals surface area contributed by atoms with E-state index >= 15 is 0 Å². The molecule has 27 heavy (non-hydrogen) atoms. The summed E-state index contributed by atoms with van der Waals surface area (Å²) in [5.74, 6) is -0.907. The summed E-state index contributed by atoms with van der Waals surface area (Å²) in [5.41, 5.74) is -2.69. The molecule has 0 saturated carbocycles. The van der Waals surface area contributed by atoms with Crippen molar-refractivity contribution in [1.82, 2.24) is 4.98 Å². The Morgan fingerprint density at radius 3 is 2.30 bits per heavy atom. The summed E-state index contributed by atoms with van der Waals surface area (Å²) in [5, 5.41) is 2.22. The molecule has 0 spiro atoms. The minimum absolute atomic E-state index is 0.0121. The quantitative estimate of drug-likeness (QED) is 0.715. The Morgan fingerprint density at radius 2 is 1.78 bits per heavy atom. The molecule has 0 bridgehead atoms. The van der Waals surface area contributed by atoms with Crippen molar-refractivity contribution in [1.29, 1.82) is 0 Å². The average molecular weight is 392 g/mol. The normalized spacial score (nSPS) is 12.0. The number of anilines is 1. The third-order valence-corrected chi connectivity index (χ3v) is 3.33. The van der Waals surface area contributed by atoms with Crippen LogP contribution in [0.3, 0.4) is 0 Å². The van der Waals surface area contributed by atoms with Gasteiger partial charge in [-0.05, 0) is 36.8 Å². The zero-order chi connectivity index (χ0) is 20.2. The number of hydrogen-bond acceptors (Lipinski definition) is 3. The van der Waals surface area contributed by atoms with Crippen molar-refractivity contribution < 1.29 is 35.9 Å². The number of halogens is 6. The maximum atomic E-state index is 12.9. The van der Waals surface area contributed by atoms with Crippen LogP contribution in [0.1, 0.15) is 35.0 Å². The number of pyridine rings is 1. The van der Waals surface area contributed by atoms with Crippen LogP contribution in [0, 0.1) is 0 Å². The van der Waals surface area contributed by atoms with Gasteiger partial charge in [0.15, 0.2) is 0 Å². The zero-order valence-electron chi connectivity index (χ0n) is 13.9. The molecule has 0 radical (unpaired) electrons. The fourth-order valence-electron chi connectivity index (χ4n) is 2.03. The molecule has 1 heterocycles. The first-order chi connectivity index (χ1) is 12.5. The van der Waals surface area contributed by atoms with Gasteiger partial charge in [-0.15, -0.1) is 0 Å². The molecule has 0 aliphatic rings. The largest absolute Gasteiger partial charge is 0.491 e. The van der Waals surface area contributed by atoms with Crippen LogP contribution in [-0.2, 0) is 12.4 Å². The highest BCUT2D eigenvalue weighted by molar-refractivity contribution is 6.04. The van der Waals surface area contributed by atoms with Crippen LogP contribution >= 0.6 is 0 Å². The van der Waals surface area contributed by atoms with Crippen molar-refractivity contribution >= 4 is 11.6 Å². The van der Waals surface area contributed by atoms with E-state index in [1.807, 2.05) is 0 Å². The first-order valence-electron chi connectivity index (χ1n) is 7.71. The first-order valence-corrected chi connectivity index (χ1v) is 7.71. The summed E-state index contributed by atoms with van der Waals surface area (Å²) in [4.78, 5) is 15.3. The van der Waals surface area contributed by atoms with Crippen molar-refractivity contribution in [2.45, 2.75) is 25.7 Å². The van der Waals surface area contributed by atoms with Gasteiger partial charge in [-0.3, -0.25) is 9.78 Å². The van der Waals surface area contributed by atoms with Gasteiger partial charge < -0.3 is 10.1 Å². The Labute approximate surface area is 150 Å². The van der Waals surface area contributed by atoms with Gasteiger partial charge >= 0.3 is 12.4 Å². The molecule has 146 valence electrons. The number of benzene rings is 1. The van der Waals surface area contributed by atoms with E-state index in [2.05, 4.69) is 10.3 Å². The monoisotopic (exact) mass is 392 g/mol. The topological polar surface area (TPSA) is 51.2 Å². The summed E-state index contributed by atoms with van der Waals surface area (Å²) in [6.07, 6.45) is -8.04. The molecule has 1 aromatic carbocycles. The Bertz CT molecular complexity index is 801. The fourth-order valence-corrected chi connectivity index (χ4v) is 2.03. The molecule has 2 aromatic rings. The number of carbonyl (C=O) groups excluding carboxylic acids is 1. The van der Waals surface area contributed by atoms with E-state index < -0.39 is 29.5 Å². The van der Waals surface area contributed by atoms with Crippen LogP contribution in [0.25, 0.3) is 0 Å². The van der Waals surface area contributed by atoms with Crippen molar-refractivity contribution in [2.75, 3.05) is 11.9 Å². The molecular weight excluding hydrogens is 378 g/mol. The molecule has 0 aliphatic carbocycles. The maximum Gasteiger partial charge on any atom is 0.433 e. The number of nitrogens with one attached hydrogen (secondary N) is 1. The highest BCUT2D eigenvalue weighted by Crippen LogP contribution is 2.35. The van der Waals surface area contributed by atoms with Crippen LogP contribution in [0.5, 0.6) is 5.75 Å². The smallest absolute Gasteiger partial charge is 0.433 e. The summed E-state index contributed by atoms with van der Waals surface area (Å²) < 4.78 is 81.5. The molecule has 4 nitrogen and oxygen atoms in total. The Balaban J connectivity index is 2.29. The fraction of sp³-hybridized carbons (Fsp3) is 0.294.